The Labute approximate surface area is 151 Å². The third-order valence-electron chi connectivity index (χ3n) is 5.33. The molecule has 0 atom stereocenters. The van der Waals surface area contributed by atoms with E-state index >= 15 is 0 Å². The standard InChI is InChI=1S/C23H27Cl/c1-2-3-18-4-6-19(7-5-18)8-9-20-10-12-21(13-11-20)22-14-16-23(24)17-15-22/h2-3,10-19H,4-9H2,1H3/b3-2+. The molecule has 0 nitrogen and oxygen atoms in total. The van der Waals surface area contributed by atoms with E-state index in [9.17, 15) is 0 Å². The largest absolute Gasteiger partial charge is 0.0914 e. The maximum Gasteiger partial charge on any atom is 0.0406 e. The van der Waals surface area contributed by atoms with Gasteiger partial charge in [-0.15, -0.1) is 0 Å². The van der Waals surface area contributed by atoms with E-state index in [2.05, 4.69) is 55.5 Å². The molecule has 1 aliphatic rings. The van der Waals surface area contributed by atoms with Gasteiger partial charge in [-0.2, -0.15) is 0 Å². The molecule has 0 spiro atoms. The van der Waals surface area contributed by atoms with Crippen LogP contribution in [0.15, 0.2) is 60.7 Å². The van der Waals surface area contributed by atoms with Gasteiger partial charge in [-0.3, -0.25) is 0 Å². The maximum absolute atomic E-state index is 5.96. The Kier molecular flexibility index (Phi) is 6.15. The van der Waals surface area contributed by atoms with Crippen LogP contribution in [0.25, 0.3) is 11.1 Å². The second-order valence-electron chi connectivity index (χ2n) is 7.05. The topological polar surface area (TPSA) is 0 Å². The van der Waals surface area contributed by atoms with Gasteiger partial charge >= 0.3 is 0 Å². The second kappa shape index (κ2) is 8.53. The summed E-state index contributed by atoms with van der Waals surface area (Å²) in [6.45, 7) is 2.14. The first kappa shape index (κ1) is 17.3. The first-order valence-corrected chi connectivity index (χ1v) is 9.60. The highest BCUT2D eigenvalue weighted by Crippen LogP contribution is 2.32. The SMILES string of the molecule is C/C=C/C1CCC(CCc2ccc(-c3ccc(Cl)cc3)cc2)CC1. The van der Waals surface area contributed by atoms with Crippen molar-refractivity contribution < 1.29 is 0 Å². The third kappa shape index (κ3) is 4.74. The summed E-state index contributed by atoms with van der Waals surface area (Å²) in [5, 5.41) is 0.791. The first-order chi connectivity index (χ1) is 11.7. The highest BCUT2D eigenvalue weighted by atomic mass is 35.5. The Morgan fingerprint density at radius 3 is 2.04 bits per heavy atom. The summed E-state index contributed by atoms with van der Waals surface area (Å²) >= 11 is 5.96. The molecule has 3 rings (SSSR count). The molecule has 2 aromatic carbocycles. The average Bonchev–Trinajstić information content (AvgIpc) is 2.63. The molecule has 0 saturated heterocycles. The lowest BCUT2D eigenvalue weighted by Gasteiger charge is -2.26. The zero-order valence-electron chi connectivity index (χ0n) is 14.5. The van der Waals surface area contributed by atoms with Crippen LogP contribution >= 0.6 is 11.6 Å². The molecule has 1 heteroatoms. The van der Waals surface area contributed by atoms with Crippen molar-refractivity contribution in [1.29, 1.82) is 0 Å². The molecule has 0 heterocycles. The molecule has 126 valence electrons. The van der Waals surface area contributed by atoms with E-state index in [1.54, 1.807) is 0 Å². The molecule has 1 aliphatic carbocycles. The van der Waals surface area contributed by atoms with Crippen LogP contribution in [-0.2, 0) is 6.42 Å². The quantitative estimate of drug-likeness (QED) is 0.501. The number of aryl methyl sites for hydroxylation is 1. The fraction of sp³-hybridized carbons (Fsp3) is 0.391. The molecular weight excluding hydrogens is 312 g/mol. The highest BCUT2D eigenvalue weighted by Gasteiger charge is 2.18. The smallest absolute Gasteiger partial charge is 0.0406 e. The van der Waals surface area contributed by atoms with Crippen molar-refractivity contribution in [2.45, 2.75) is 45.4 Å². The lowest BCUT2D eigenvalue weighted by Crippen LogP contribution is -2.13. The number of rotatable bonds is 5. The Bertz CT molecular complexity index is 643. The number of halogens is 1. The Hall–Kier alpha value is -1.53. The molecule has 2 aromatic rings. The van der Waals surface area contributed by atoms with Crippen LogP contribution in [0.4, 0.5) is 0 Å². The summed E-state index contributed by atoms with van der Waals surface area (Å²) in [5.74, 6) is 1.76. The van der Waals surface area contributed by atoms with Gasteiger partial charge in [-0.05, 0) is 86.1 Å². The number of allylic oxidation sites excluding steroid dienone is 2. The summed E-state index contributed by atoms with van der Waals surface area (Å²) in [6, 6.07) is 17.1. The van der Waals surface area contributed by atoms with Crippen LogP contribution in [0.2, 0.25) is 5.02 Å². The molecule has 0 radical (unpaired) electrons. The fourth-order valence-corrected chi connectivity index (χ4v) is 3.94. The van der Waals surface area contributed by atoms with Gasteiger partial charge in [-0.25, -0.2) is 0 Å². The summed E-state index contributed by atoms with van der Waals surface area (Å²) in [6.07, 6.45) is 12.7. The van der Waals surface area contributed by atoms with Gasteiger partial charge in [0, 0.05) is 5.02 Å². The molecule has 0 amide bonds. The van der Waals surface area contributed by atoms with E-state index in [-0.39, 0.29) is 0 Å². The lowest BCUT2D eigenvalue weighted by molar-refractivity contribution is 0.296. The minimum absolute atomic E-state index is 0.791. The summed E-state index contributed by atoms with van der Waals surface area (Å²) in [5.41, 5.74) is 3.96. The zero-order valence-corrected chi connectivity index (χ0v) is 15.3. The van der Waals surface area contributed by atoms with Gasteiger partial charge in [0.15, 0.2) is 0 Å². The van der Waals surface area contributed by atoms with Gasteiger partial charge in [0.2, 0.25) is 0 Å². The molecule has 0 N–H and O–H groups in total. The maximum atomic E-state index is 5.96. The van der Waals surface area contributed by atoms with Gasteiger partial charge in [-0.1, -0.05) is 60.2 Å². The molecule has 0 aliphatic heterocycles. The minimum Gasteiger partial charge on any atom is -0.0914 e. The fourth-order valence-electron chi connectivity index (χ4n) is 3.82. The van der Waals surface area contributed by atoms with E-state index in [4.69, 9.17) is 11.6 Å². The lowest BCUT2D eigenvalue weighted by atomic mass is 9.79. The summed E-state index contributed by atoms with van der Waals surface area (Å²) < 4.78 is 0. The predicted octanol–water partition coefficient (Wildman–Crippen LogP) is 7.32. The van der Waals surface area contributed by atoms with E-state index in [1.807, 2.05) is 12.1 Å². The number of benzene rings is 2. The number of hydrogen-bond acceptors (Lipinski definition) is 0. The van der Waals surface area contributed by atoms with E-state index < -0.39 is 0 Å². The van der Waals surface area contributed by atoms with Crippen LogP contribution in [0.1, 0.15) is 44.6 Å². The van der Waals surface area contributed by atoms with Crippen LogP contribution in [-0.4, -0.2) is 0 Å². The van der Waals surface area contributed by atoms with Gasteiger partial charge in [0.25, 0.3) is 0 Å². The predicted molar refractivity (Wildman–Crippen MR) is 105 cm³/mol. The third-order valence-corrected chi connectivity index (χ3v) is 5.58. The Morgan fingerprint density at radius 1 is 0.875 bits per heavy atom. The van der Waals surface area contributed by atoms with Crippen molar-refractivity contribution in [2.75, 3.05) is 0 Å². The van der Waals surface area contributed by atoms with E-state index in [1.165, 1.54) is 55.2 Å². The molecule has 1 saturated carbocycles. The molecule has 24 heavy (non-hydrogen) atoms. The summed E-state index contributed by atoms with van der Waals surface area (Å²) in [4.78, 5) is 0. The van der Waals surface area contributed by atoms with Gasteiger partial charge < -0.3 is 0 Å². The van der Waals surface area contributed by atoms with E-state index in [0.717, 1.165) is 16.9 Å². The van der Waals surface area contributed by atoms with Crippen molar-refractivity contribution in [2.24, 2.45) is 11.8 Å². The van der Waals surface area contributed by atoms with E-state index in [0.29, 0.717) is 0 Å². The first-order valence-electron chi connectivity index (χ1n) is 9.22. The Balaban J connectivity index is 1.51. The van der Waals surface area contributed by atoms with Gasteiger partial charge in [0.1, 0.15) is 0 Å². The van der Waals surface area contributed by atoms with Crippen LogP contribution < -0.4 is 0 Å². The van der Waals surface area contributed by atoms with Crippen LogP contribution in [0.5, 0.6) is 0 Å². The van der Waals surface area contributed by atoms with Crippen LogP contribution in [0, 0.1) is 11.8 Å². The van der Waals surface area contributed by atoms with Crippen molar-refractivity contribution in [3.05, 3.63) is 71.3 Å². The molecular formula is C23H27Cl. The summed E-state index contributed by atoms with van der Waals surface area (Å²) in [7, 11) is 0. The number of hydrogen-bond donors (Lipinski definition) is 0. The van der Waals surface area contributed by atoms with Crippen molar-refractivity contribution >= 4 is 11.6 Å². The van der Waals surface area contributed by atoms with Gasteiger partial charge in [0.05, 0.1) is 0 Å². The van der Waals surface area contributed by atoms with Crippen LogP contribution in [0.3, 0.4) is 0 Å². The zero-order chi connectivity index (χ0) is 16.8. The minimum atomic E-state index is 0.791. The highest BCUT2D eigenvalue weighted by molar-refractivity contribution is 6.30. The Morgan fingerprint density at radius 2 is 1.46 bits per heavy atom. The molecule has 0 unspecified atom stereocenters. The second-order valence-corrected chi connectivity index (χ2v) is 7.49. The average molecular weight is 339 g/mol. The van der Waals surface area contributed by atoms with Crippen molar-refractivity contribution in [3.8, 4) is 11.1 Å². The molecule has 0 bridgehead atoms. The molecule has 1 fully saturated rings. The normalized spacial score (nSPS) is 21.2. The molecule has 0 aromatic heterocycles. The monoisotopic (exact) mass is 338 g/mol. The van der Waals surface area contributed by atoms with Crippen molar-refractivity contribution in [1.82, 2.24) is 0 Å². The van der Waals surface area contributed by atoms with Crippen molar-refractivity contribution in [3.63, 3.8) is 0 Å².